The molecule has 2 atom stereocenters. The molecule has 0 aliphatic carbocycles. The molecule has 0 unspecified atom stereocenters. The highest BCUT2D eigenvalue weighted by Gasteiger charge is 2.26. The molecule has 0 saturated carbocycles. The first-order valence-electron chi connectivity index (χ1n) is 8.22. The maximum Gasteiger partial charge on any atom is 0.310 e. The summed E-state index contributed by atoms with van der Waals surface area (Å²) >= 11 is 0. The standard InChI is InChI=1S/C18H25NO6/c1-12-9-19(10-13(2)25-12)17(20)11-24-18(21)8-14-5-6-15(22-3)16(7-14)23-4/h5-7,12-13H,8-11H2,1-4H3/t12-,13+. The van der Waals surface area contributed by atoms with E-state index in [4.69, 9.17) is 18.9 Å². The van der Waals surface area contributed by atoms with Gasteiger partial charge in [-0.1, -0.05) is 6.07 Å². The number of benzene rings is 1. The molecule has 1 saturated heterocycles. The highest BCUT2D eigenvalue weighted by Crippen LogP contribution is 2.27. The lowest BCUT2D eigenvalue weighted by atomic mass is 10.1. The number of rotatable bonds is 6. The van der Waals surface area contributed by atoms with Gasteiger partial charge in [0.2, 0.25) is 0 Å². The second-order valence-corrected chi connectivity index (χ2v) is 6.08. The molecule has 7 nitrogen and oxygen atoms in total. The van der Waals surface area contributed by atoms with Crippen LogP contribution < -0.4 is 9.47 Å². The summed E-state index contributed by atoms with van der Waals surface area (Å²) in [6.07, 6.45) is 0.0223. The highest BCUT2D eigenvalue weighted by atomic mass is 16.5. The van der Waals surface area contributed by atoms with Crippen LogP contribution in [0.4, 0.5) is 0 Å². The minimum atomic E-state index is -0.463. The second-order valence-electron chi connectivity index (χ2n) is 6.08. The third-order valence-electron chi connectivity index (χ3n) is 3.93. The molecule has 1 heterocycles. The van der Waals surface area contributed by atoms with Crippen LogP contribution in [0.3, 0.4) is 0 Å². The van der Waals surface area contributed by atoms with E-state index in [0.29, 0.717) is 24.6 Å². The van der Waals surface area contributed by atoms with Crippen molar-refractivity contribution in [3.8, 4) is 11.5 Å². The number of carbonyl (C=O) groups is 2. The van der Waals surface area contributed by atoms with Crippen LogP contribution >= 0.6 is 0 Å². The van der Waals surface area contributed by atoms with Crippen molar-refractivity contribution >= 4 is 11.9 Å². The maximum absolute atomic E-state index is 12.2. The van der Waals surface area contributed by atoms with Gasteiger partial charge >= 0.3 is 5.97 Å². The predicted octanol–water partition coefficient (Wildman–Crippen LogP) is 1.43. The molecule has 0 spiro atoms. The summed E-state index contributed by atoms with van der Waals surface area (Å²) in [5.41, 5.74) is 0.726. The monoisotopic (exact) mass is 351 g/mol. The van der Waals surface area contributed by atoms with Crippen molar-refractivity contribution in [2.45, 2.75) is 32.5 Å². The van der Waals surface area contributed by atoms with Crippen LogP contribution in [0.1, 0.15) is 19.4 Å². The van der Waals surface area contributed by atoms with Gasteiger partial charge in [0.1, 0.15) is 0 Å². The van der Waals surface area contributed by atoms with Crippen LogP contribution in [-0.4, -0.2) is 62.9 Å². The van der Waals surface area contributed by atoms with E-state index in [1.54, 1.807) is 30.2 Å². The molecular formula is C18H25NO6. The van der Waals surface area contributed by atoms with Gasteiger partial charge < -0.3 is 23.8 Å². The van der Waals surface area contributed by atoms with Crippen molar-refractivity contribution in [1.29, 1.82) is 0 Å². The summed E-state index contributed by atoms with van der Waals surface area (Å²) in [5, 5.41) is 0. The number of amides is 1. The lowest BCUT2D eigenvalue weighted by molar-refractivity contribution is -0.156. The van der Waals surface area contributed by atoms with Gasteiger partial charge in [-0.3, -0.25) is 9.59 Å². The Morgan fingerprint density at radius 2 is 1.76 bits per heavy atom. The zero-order valence-electron chi connectivity index (χ0n) is 15.1. The Morgan fingerprint density at radius 3 is 2.36 bits per heavy atom. The fraction of sp³-hybridized carbons (Fsp3) is 0.556. The molecule has 1 aliphatic heterocycles. The van der Waals surface area contributed by atoms with Crippen LogP contribution in [0, 0.1) is 0 Å². The van der Waals surface area contributed by atoms with E-state index in [9.17, 15) is 9.59 Å². The van der Waals surface area contributed by atoms with Crippen molar-refractivity contribution < 1.29 is 28.5 Å². The maximum atomic E-state index is 12.2. The molecule has 1 fully saturated rings. The fourth-order valence-electron chi connectivity index (χ4n) is 2.82. The Hall–Kier alpha value is -2.28. The van der Waals surface area contributed by atoms with Crippen LogP contribution in [0.25, 0.3) is 0 Å². The molecule has 0 aromatic heterocycles. The Labute approximate surface area is 147 Å². The Kier molecular flexibility index (Phi) is 6.64. The van der Waals surface area contributed by atoms with E-state index in [1.807, 2.05) is 13.8 Å². The molecule has 0 N–H and O–H groups in total. The molecule has 1 aromatic carbocycles. The minimum Gasteiger partial charge on any atom is -0.493 e. The van der Waals surface area contributed by atoms with Gasteiger partial charge in [-0.25, -0.2) is 0 Å². The Morgan fingerprint density at radius 1 is 1.12 bits per heavy atom. The quantitative estimate of drug-likeness (QED) is 0.722. The highest BCUT2D eigenvalue weighted by molar-refractivity contribution is 5.81. The van der Waals surface area contributed by atoms with Crippen molar-refractivity contribution in [1.82, 2.24) is 4.90 Å². The van der Waals surface area contributed by atoms with E-state index in [2.05, 4.69) is 0 Å². The summed E-state index contributed by atoms with van der Waals surface area (Å²) in [6.45, 7) is 4.59. The normalized spacial score (nSPS) is 20.1. The van der Waals surface area contributed by atoms with Crippen LogP contribution in [0.2, 0.25) is 0 Å². The Balaban J connectivity index is 1.85. The number of carbonyl (C=O) groups excluding carboxylic acids is 2. The Bertz CT molecular complexity index is 608. The zero-order valence-corrected chi connectivity index (χ0v) is 15.1. The third-order valence-corrected chi connectivity index (χ3v) is 3.93. The lowest BCUT2D eigenvalue weighted by Gasteiger charge is -2.35. The average molecular weight is 351 g/mol. The summed E-state index contributed by atoms with van der Waals surface area (Å²) in [6, 6.07) is 5.20. The van der Waals surface area contributed by atoms with E-state index >= 15 is 0 Å². The van der Waals surface area contributed by atoms with Crippen molar-refractivity contribution in [2.75, 3.05) is 33.9 Å². The van der Waals surface area contributed by atoms with Crippen LogP contribution in [-0.2, 0) is 25.5 Å². The van der Waals surface area contributed by atoms with Gasteiger partial charge in [-0.2, -0.15) is 0 Å². The van der Waals surface area contributed by atoms with E-state index in [0.717, 1.165) is 5.56 Å². The zero-order chi connectivity index (χ0) is 18.4. The summed E-state index contributed by atoms with van der Waals surface area (Å²) in [5.74, 6) is 0.461. The lowest BCUT2D eigenvalue weighted by Crippen LogP contribution is -2.49. The summed E-state index contributed by atoms with van der Waals surface area (Å²) in [7, 11) is 3.08. The van der Waals surface area contributed by atoms with Crippen LogP contribution in [0.15, 0.2) is 18.2 Å². The van der Waals surface area contributed by atoms with Gasteiger partial charge in [0.15, 0.2) is 18.1 Å². The van der Waals surface area contributed by atoms with Gasteiger partial charge in [-0.15, -0.1) is 0 Å². The molecule has 2 rings (SSSR count). The van der Waals surface area contributed by atoms with Crippen molar-refractivity contribution in [3.05, 3.63) is 23.8 Å². The largest absolute Gasteiger partial charge is 0.493 e. The van der Waals surface area contributed by atoms with Gasteiger partial charge in [-0.05, 0) is 31.5 Å². The number of hydrogen-bond acceptors (Lipinski definition) is 6. The van der Waals surface area contributed by atoms with E-state index in [-0.39, 0.29) is 31.1 Å². The number of methoxy groups -OCH3 is 2. The first-order valence-corrected chi connectivity index (χ1v) is 8.22. The van der Waals surface area contributed by atoms with Crippen LogP contribution in [0.5, 0.6) is 11.5 Å². The molecular weight excluding hydrogens is 326 g/mol. The number of nitrogens with zero attached hydrogens (tertiary/aromatic N) is 1. The second kappa shape index (κ2) is 8.71. The predicted molar refractivity (Wildman–Crippen MR) is 90.8 cm³/mol. The van der Waals surface area contributed by atoms with Gasteiger partial charge in [0, 0.05) is 13.1 Å². The fourth-order valence-corrected chi connectivity index (χ4v) is 2.82. The molecule has 0 radical (unpaired) electrons. The first-order chi connectivity index (χ1) is 11.9. The molecule has 25 heavy (non-hydrogen) atoms. The van der Waals surface area contributed by atoms with Crippen molar-refractivity contribution in [2.24, 2.45) is 0 Å². The number of morpholine rings is 1. The molecule has 1 aromatic rings. The first kappa shape index (κ1) is 19.1. The summed E-state index contributed by atoms with van der Waals surface area (Å²) < 4.78 is 21.1. The van der Waals surface area contributed by atoms with E-state index in [1.165, 1.54) is 7.11 Å². The third kappa shape index (κ3) is 5.35. The average Bonchev–Trinajstić information content (AvgIpc) is 2.58. The molecule has 1 amide bonds. The molecule has 1 aliphatic rings. The SMILES string of the molecule is COc1ccc(CC(=O)OCC(=O)N2C[C@@H](C)O[C@@H](C)C2)cc1OC. The van der Waals surface area contributed by atoms with Gasteiger partial charge in [0.25, 0.3) is 5.91 Å². The molecule has 0 bridgehead atoms. The summed E-state index contributed by atoms with van der Waals surface area (Å²) in [4.78, 5) is 25.8. The number of ether oxygens (including phenoxy) is 4. The van der Waals surface area contributed by atoms with Gasteiger partial charge in [0.05, 0.1) is 32.8 Å². The smallest absolute Gasteiger partial charge is 0.310 e. The molecule has 138 valence electrons. The van der Waals surface area contributed by atoms with Crippen molar-refractivity contribution in [3.63, 3.8) is 0 Å². The molecule has 7 heteroatoms. The number of hydrogen-bond donors (Lipinski definition) is 0. The topological polar surface area (TPSA) is 74.3 Å². The number of esters is 1. The minimum absolute atomic E-state index is 0.0184. The van der Waals surface area contributed by atoms with E-state index < -0.39 is 5.97 Å².